The minimum atomic E-state index is -0.183. The van der Waals surface area contributed by atoms with Crippen molar-refractivity contribution >= 4 is 33.2 Å². The topological polar surface area (TPSA) is 68.3 Å². The lowest BCUT2D eigenvalue weighted by Crippen LogP contribution is -2.30. The van der Waals surface area contributed by atoms with Crippen LogP contribution in [-0.2, 0) is 20.7 Å². The van der Waals surface area contributed by atoms with Crippen molar-refractivity contribution in [1.29, 1.82) is 0 Å². The molecule has 6 heteroatoms. The number of ketones is 1. The van der Waals surface area contributed by atoms with Gasteiger partial charge in [-0.15, -0.1) is 11.3 Å². The van der Waals surface area contributed by atoms with E-state index in [4.69, 9.17) is 4.74 Å². The Morgan fingerprint density at radius 3 is 2.70 bits per heavy atom. The Kier molecular flexibility index (Phi) is 6.68. The summed E-state index contributed by atoms with van der Waals surface area (Å²) < 4.78 is 5.97. The van der Waals surface area contributed by atoms with Crippen molar-refractivity contribution in [2.75, 3.05) is 20.3 Å². The SMILES string of the molecule is COCCCC(=O)CNC(=O)Cc1nc2ccc(-c3ccccc3)cc2s1. The molecule has 0 spiro atoms. The third-order valence-corrected chi connectivity index (χ3v) is 5.16. The Labute approximate surface area is 162 Å². The highest BCUT2D eigenvalue weighted by Gasteiger charge is 2.11. The molecule has 0 radical (unpaired) electrons. The fourth-order valence-electron chi connectivity index (χ4n) is 2.76. The van der Waals surface area contributed by atoms with E-state index in [1.807, 2.05) is 30.3 Å². The monoisotopic (exact) mass is 382 g/mol. The zero-order valence-electron chi connectivity index (χ0n) is 15.2. The molecule has 0 unspecified atom stereocenters. The van der Waals surface area contributed by atoms with Crippen LogP contribution >= 0.6 is 11.3 Å². The first-order chi connectivity index (χ1) is 13.2. The van der Waals surface area contributed by atoms with Gasteiger partial charge in [-0.1, -0.05) is 36.4 Å². The number of ether oxygens (including phenoxy) is 1. The lowest BCUT2D eigenvalue weighted by Gasteiger charge is -2.03. The second-order valence-corrected chi connectivity index (χ2v) is 7.36. The fraction of sp³-hybridized carbons (Fsp3) is 0.286. The molecular weight excluding hydrogens is 360 g/mol. The molecule has 3 aromatic rings. The third-order valence-electron chi connectivity index (χ3n) is 4.14. The predicted molar refractivity (Wildman–Crippen MR) is 108 cm³/mol. The van der Waals surface area contributed by atoms with Crippen LogP contribution in [0.15, 0.2) is 48.5 Å². The van der Waals surface area contributed by atoms with Gasteiger partial charge in [0.25, 0.3) is 0 Å². The number of rotatable bonds is 9. The van der Waals surface area contributed by atoms with Crippen molar-refractivity contribution in [3.63, 3.8) is 0 Å². The number of Topliss-reactive ketones (excluding diaryl/α,β-unsaturated/α-hetero) is 1. The van der Waals surface area contributed by atoms with Crippen LogP contribution < -0.4 is 5.32 Å². The summed E-state index contributed by atoms with van der Waals surface area (Å²) in [5, 5.41) is 3.43. The minimum Gasteiger partial charge on any atom is -0.385 e. The normalized spacial score (nSPS) is 10.9. The van der Waals surface area contributed by atoms with Gasteiger partial charge in [-0.25, -0.2) is 4.98 Å². The van der Waals surface area contributed by atoms with E-state index in [1.54, 1.807) is 7.11 Å². The standard InChI is InChI=1S/C21H22N2O3S/c1-26-11-5-8-17(24)14-22-20(25)13-21-23-18-10-9-16(12-19(18)27-21)15-6-3-2-4-7-15/h2-4,6-7,9-10,12H,5,8,11,13-14H2,1H3,(H,22,25). The highest BCUT2D eigenvalue weighted by molar-refractivity contribution is 7.18. The number of hydrogen-bond donors (Lipinski definition) is 1. The summed E-state index contributed by atoms with van der Waals surface area (Å²) in [5.41, 5.74) is 3.17. The molecule has 1 aromatic heterocycles. The van der Waals surface area contributed by atoms with E-state index in [0.717, 1.165) is 26.4 Å². The zero-order chi connectivity index (χ0) is 19.1. The van der Waals surface area contributed by atoms with E-state index in [9.17, 15) is 9.59 Å². The molecule has 0 aliphatic carbocycles. The number of thiazole rings is 1. The van der Waals surface area contributed by atoms with Crippen molar-refractivity contribution in [2.24, 2.45) is 0 Å². The average molecular weight is 382 g/mol. The molecule has 0 saturated carbocycles. The number of amides is 1. The van der Waals surface area contributed by atoms with Crippen LogP contribution in [0.2, 0.25) is 0 Å². The molecule has 0 aliphatic heterocycles. The van der Waals surface area contributed by atoms with Crippen molar-refractivity contribution in [1.82, 2.24) is 10.3 Å². The summed E-state index contributed by atoms with van der Waals surface area (Å²) in [6, 6.07) is 16.3. The van der Waals surface area contributed by atoms with Gasteiger partial charge in [0.2, 0.25) is 5.91 Å². The number of fused-ring (bicyclic) bond motifs is 1. The highest BCUT2D eigenvalue weighted by Crippen LogP contribution is 2.28. The molecule has 1 N–H and O–H groups in total. The number of carbonyl (C=O) groups excluding carboxylic acids is 2. The van der Waals surface area contributed by atoms with Gasteiger partial charge in [-0.2, -0.15) is 0 Å². The van der Waals surface area contributed by atoms with Gasteiger partial charge < -0.3 is 10.1 Å². The van der Waals surface area contributed by atoms with Crippen LogP contribution in [-0.4, -0.2) is 36.9 Å². The summed E-state index contributed by atoms with van der Waals surface area (Å²) in [6.07, 6.45) is 1.27. The van der Waals surface area contributed by atoms with E-state index < -0.39 is 0 Å². The Hall–Kier alpha value is -2.57. The molecule has 27 heavy (non-hydrogen) atoms. The molecule has 1 amide bonds. The van der Waals surface area contributed by atoms with Gasteiger partial charge in [-0.05, 0) is 29.7 Å². The Morgan fingerprint density at radius 2 is 1.93 bits per heavy atom. The molecule has 140 valence electrons. The Bertz CT molecular complexity index is 922. The first-order valence-corrected chi connectivity index (χ1v) is 9.69. The van der Waals surface area contributed by atoms with Crippen molar-refractivity contribution in [2.45, 2.75) is 19.3 Å². The number of benzene rings is 2. The maximum Gasteiger partial charge on any atom is 0.227 e. The van der Waals surface area contributed by atoms with E-state index in [0.29, 0.717) is 19.4 Å². The van der Waals surface area contributed by atoms with E-state index >= 15 is 0 Å². The molecule has 0 aliphatic rings. The quantitative estimate of drug-likeness (QED) is 0.574. The van der Waals surface area contributed by atoms with Crippen LogP contribution in [0.4, 0.5) is 0 Å². The number of carbonyl (C=O) groups is 2. The summed E-state index contributed by atoms with van der Waals surface area (Å²) in [5.74, 6) is -0.172. The molecule has 0 fully saturated rings. The average Bonchev–Trinajstić information content (AvgIpc) is 3.08. The van der Waals surface area contributed by atoms with Crippen LogP contribution in [0.5, 0.6) is 0 Å². The molecular formula is C21H22N2O3S. The van der Waals surface area contributed by atoms with Crippen LogP contribution in [0.1, 0.15) is 17.8 Å². The number of nitrogens with one attached hydrogen (secondary N) is 1. The maximum absolute atomic E-state index is 12.1. The first kappa shape index (κ1) is 19.2. The van der Waals surface area contributed by atoms with E-state index in [2.05, 4.69) is 28.5 Å². The van der Waals surface area contributed by atoms with Gasteiger partial charge >= 0.3 is 0 Å². The second kappa shape index (κ2) is 9.39. The van der Waals surface area contributed by atoms with Crippen LogP contribution in [0.25, 0.3) is 21.3 Å². The van der Waals surface area contributed by atoms with E-state index in [1.165, 1.54) is 11.3 Å². The van der Waals surface area contributed by atoms with Gasteiger partial charge in [0.1, 0.15) is 5.01 Å². The molecule has 3 rings (SSSR count). The van der Waals surface area contributed by atoms with Gasteiger partial charge in [0, 0.05) is 20.1 Å². The first-order valence-electron chi connectivity index (χ1n) is 8.88. The summed E-state index contributed by atoms with van der Waals surface area (Å²) >= 11 is 1.51. The summed E-state index contributed by atoms with van der Waals surface area (Å²) in [6.45, 7) is 0.613. The van der Waals surface area contributed by atoms with Crippen molar-refractivity contribution in [3.8, 4) is 11.1 Å². The van der Waals surface area contributed by atoms with Gasteiger partial charge in [-0.3, -0.25) is 9.59 Å². The fourth-order valence-corrected chi connectivity index (χ4v) is 3.76. The Morgan fingerprint density at radius 1 is 1.11 bits per heavy atom. The van der Waals surface area contributed by atoms with Gasteiger partial charge in [0.05, 0.1) is 23.2 Å². The molecule has 0 bridgehead atoms. The molecule has 1 heterocycles. The molecule has 5 nitrogen and oxygen atoms in total. The maximum atomic E-state index is 12.1. The lowest BCUT2D eigenvalue weighted by atomic mass is 10.1. The Balaban J connectivity index is 1.59. The lowest BCUT2D eigenvalue weighted by molar-refractivity contribution is -0.124. The van der Waals surface area contributed by atoms with Crippen molar-refractivity contribution in [3.05, 3.63) is 53.5 Å². The molecule has 0 saturated heterocycles. The van der Waals surface area contributed by atoms with E-state index in [-0.39, 0.29) is 24.7 Å². The van der Waals surface area contributed by atoms with Crippen molar-refractivity contribution < 1.29 is 14.3 Å². The predicted octanol–water partition coefficient (Wildman–Crippen LogP) is 3.62. The number of methoxy groups -OCH3 is 1. The molecule has 0 atom stereocenters. The largest absolute Gasteiger partial charge is 0.385 e. The van der Waals surface area contributed by atoms with Crippen LogP contribution in [0, 0.1) is 0 Å². The second-order valence-electron chi connectivity index (χ2n) is 6.24. The number of nitrogens with zero attached hydrogens (tertiary/aromatic N) is 1. The highest BCUT2D eigenvalue weighted by atomic mass is 32.1. The molecule has 2 aromatic carbocycles. The summed E-state index contributed by atoms with van der Waals surface area (Å²) in [7, 11) is 1.60. The minimum absolute atomic E-state index is 0.0113. The zero-order valence-corrected chi connectivity index (χ0v) is 16.1. The smallest absolute Gasteiger partial charge is 0.227 e. The third kappa shape index (κ3) is 5.45. The number of hydrogen-bond acceptors (Lipinski definition) is 5. The van der Waals surface area contributed by atoms with Gasteiger partial charge in [0.15, 0.2) is 5.78 Å². The number of aromatic nitrogens is 1. The van der Waals surface area contributed by atoms with Crippen LogP contribution in [0.3, 0.4) is 0 Å². The summed E-state index contributed by atoms with van der Waals surface area (Å²) in [4.78, 5) is 28.3.